The standard InChI is InChI=1S/C21H17N7O.ClH/c29-11-18(13-4-2-1-3-5-13)27-21-22-9-15-8-14(6-7-17(15)26-21)19-16-10-25-28-20(16)24-12-23-19;/h1-10,12,18,29H,11H2,(H,22,26,27)(H,23,24,25,28);1H/t18-;/m1./s1. The molecule has 0 amide bonds. The van der Waals surface area contributed by atoms with Crippen molar-refractivity contribution in [3.8, 4) is 11.3 Å². The molecule has 0 saturated heterocycles. The molecule has 30 heavy (non-hydrogen) atoms. The fraction of sp³-hybridized carbons (Fsp3) is 0.0952. The Hall–Kier alpha value is -3.62. The van der Waals surface area contributed by atoms with Crippen LogP contribution < -0.4 is 5.32 Å². The number of rotatable bonds is 5. The average Bonchev–Trinajstić information content (AvgIpc) is 3.27. The van der Waals surface area contributed by atoms with Gasteiger partial charge in [0.1, 0.15) is 6.33 Å². The quantitative estimate of drug-likeness (QED) is 0.399. The molecule has 2 aromatic carbocycles. The first-order valence-electron chi connectivity index (χ1n) is 9.15. The molecule has 0 bridgehead atoms. The zero-order valence-corrected chi connectivity index (χ0v) is 16.5. The van der Waals surface area contributed by atoms with E-state index in [1.165, 1.54) is 6.33 Å². The molecular formula is C21H18ClN7O. The zero-order valence-electron chi connectivity index (χ0n) is 15.7. The van der Waals surface area contributed by atoms with E-state index in [1.54, 1.807) is 12.4 Å². The largest absolute Gasteiger partial charge is 0.394 e. The highest BCUT2D eigenvalue weighted by Gasteiger charge is 2.13. The number of nitrogens with zero attached hydrogens (tertiary/aromatic N) is 5. The highest BCUT2D eigenvalue weighted by atomic mass is 35.5. The Morgan fingerprint density at radius 2 is 1.87 bits per heavy atom. The van der Waals surface area contributed by atoms with E-state index in [0.717, 1.165) is 33.1 Å². The van der Waals surface area contributed by atoms with Gasteiger partial charge in [0.15, 0.2) is 5.65 Å². The number of aliphatic hydroxyl groups excluding tert-OH is 1. The summed E-state index contributed by atoms with van der Waals surface area (Å²) in [5.41, 5.74) is 4.21. The fourth-order valence-electron chi connectivity index (χ4n) is 3.32. The number of halogens is 1. The molecule has 5 rings (SSSR count). The summed E-state index contributed by atoms with van der Waals surface area (Å²) in [5.74, 6) is 0.465. The normalized spacial score (nSPS) is 11.9. The first-order valence-corrected chi connectivity index (χ1v) is 9.15. The lowest BCUT2D eigenvalue weighted by molar-refractivity contribution is 0.276. The zero-order chi connectivity index (χ0) is 19.6. The molecule has 0 spiro atoms. The summed E-state index contributed by atoms with van der Waals surface area (Å²) in [4.78, 5) is 17.6. The second-order valence-electron chi connectivity index (χ2n) is 6.61. The average molecular weight is 420 g/mol. The van der Waals surface area contributed by atoms with Crippen LogP contribution in [-0.4, -0.2) is 41.8 Å². The number of anilines is 1. The van der Waals surface area contributed by atoms with Crippen LogP contribution in [0, 0.1) is 0 Å². The maximum atomic E-state index is 9.75. The van der Waals surface area contributed by atoms with Crippen LogP contribution in [0.25, 0.3) is 33.2 Å². The Labute approximate surface area is 177 Å². The molecule has 0 fully saturated rings. The topological polar surface area (TPSA) is 112 Å². The van der Waals surface area contributed by atoms with Crippen LogP contribution in [0.2, 0.25) is 0 Å². The van der Waals surface area contributed by atoms with Crippen LogP contribution in [0.3, 0.4) is 0 Å². The minimum Gasteiger partial charge on any atom is -0.394 e. The molecule has 0 unspecified atom stereocenters. The third-order valence-electron chi connectivity index (χ3n) is 4.79. The number of aromatic amines is 1. The van der Waals surface area contributed by atoms with E-state index in [-0.39, 0.29) is 25.1 Å². The van der Waals surface area contributed by atoms with Gasteiger partial charge in [-0.15, -0.1) is 12.4 Å². The van der Waals surface area contributed by atoms with Crippen LogP contribution in [0.1, 0.15) is 11.6 Å². The summed E-state index contributed by atoms with van der Waals surface area (Å²) in [5, 5.41) is 21.6. The smallest absolute Gasteiger partial charge is 0.223 e. The van der Waals surface area contributed by atoms with Crippen molar-refractivity contribution >= 4 is 40.3 Å². The number of H-pyrrole nitrogens is 1. The lowest BCUT2D eigenvalue weighted by atomic mass is 10.1. The second kappa shape index (κ2) is 8.40. The summed E-state index contributed by atoms with van der Waals surface area (Å²) >= 11 is 0. The van der Waals surface area contributed by atoms with Crippen molar-refractivity contribution in [2.45, 2.75) is 6.04 Å². The highest BCUT2D eigenvalue weighted by Crippen LogP contribution is 2.27. The molecule has 3 heterocycles. The maximum absolute atomic E-state index is 9.75. The molecule has 5 aromatic rings. The number of nitrogens with one attached hydrogen (secondary N) is 2. The van der Waals surface area contributed by atoms with Crippen molar-refractivity contribution in [1.82, 2.24) is 30.1 Å². The van der Waals surface area contributed by atoms with Crippen molar-refractivity contribution in [2.24, 2.45) is 0 Å². The van der Waals surface area contributed by atoms with Gasteiger partial charge < -0.3 is 10.4 Å². The van der Waals surface area contributed by atoms with Crippen LogP contribution in [0.15, 0.2) is 67.3 Å². The van der Waals surface area contributed by atoms with Gasteiger partial charge in [-0.25, -0.2) is 19.9 Å². The van der Waals surface area contributed by atoms with Crippen molar-refractivity contribution in [1.29, 1.82) is 0 Å². The first-order chi connectivity index (χ1) is 14.3. The molecule has 0 radical (unpaired) electrons. The lowest BCUT2D eigenvalue weighted by Crippen LogP contribution is -2.16. The van der Waals surface area contributed by atoms with Crippen molar-refractivity contribution in [2.75, 3.05) is 11.9 Å². The van der Waals surface area contributed by atoms with Gasteiger partial charge in [0, 0.05) is 17.1 Å². The summed E-state index contributed by atoms with van der Waals surface area (Å²) in [6.07, 6.45) is 5.00. The molecule has 150 valence electrons. The lowest BCUT2D eigenvalue weighted by Gasteiger charge is -2.16. The van der Waals surface area contributed by atoms with E-state index in [4.69, 9.17) is 0 Å². The summed E-state index contributed by atoms with van der Waals surface area (Å²) in [6, 6.07) is 15.4. The third-order valence-corrected chi connectivity index (χ3v) is 4.79. The van der Waals surface area contributed by atoms with Gasteiger partial charge in [-0.3, -0.25) is 5.10 Å². The molecular weight excluding hydrogens is 402 g/mol. The highest BCUT2D eigenvalue weighted by molar-refractivity contribution is 5.93. The Balaban J connectivity index is 0.00000218. The number of aromatic nitrogens is 6. The molecule has 3 aromatic heterocycles. The SMILES string of the molecule is Cl.OC[C@@H](Nc1ncc2cc(-c3ncnc4[nH]ncc34)ccc2n1)c1ccccc1. The number of hydrogen-bond donors (Lipinski definition) is 3. The van der Waals surface area contributed by atoms with Crippen molar-refractivity contribution in [3.63, 3.8) is 0 Å². The molecule has 8 nitrogen and oxygen atoms in total. The van der Waals surface area contributed by atoms with E-state index in [0.29, 0.717) is 11.6 Å². The molecule has 0 aliphatic heterocycles. The minimum atomic E-state index is -0.275. The minimum absolute atomic E-state index is 0. The molecule has 3 N–H and O–H groups in total. The van der Waals surface area contributed by atoms with Gasteiger partial charge in [0.2, 0.25) is 5.95 Å². The summed E-state index contributed by atoms with van der Waals surface area (Å²) in [6.45, 7) is -0.0568. The predicted octanol–water partition coefficient (Wildman–Crippen LogP) is 3.53. The number of hydrogen-bond acceptors (Lipinski definition) is 7. The van der Waals surface area contributed by atoms with Crippen LogP contribution >= 0.6 is 12.4 Å². The Morgan fingerprint density at radius 1 is 1.00 bits per heavy atom. The van der Waals surface area contributed by atoms with Crippen molar-refractivity contribution in [3.05, 3.63) is 72.8 Å². The number of fused-ring (bicyclic) bond motifs is 2. The Morgan fingerprint density at radius 3 is 2.70 bits per heavy atom. The first kappa shape index (κ1) is 19.7. The van der Waals surface area contributed by atoms with E-state index in [1.807, 2.05) is 48.5 Å². The summed E-state index contributed by atoms with van der Waals surface area (Å²) in [7, 11) is 0. The van der Waals surface area contributed by atoms with Crippen LogP contribution in [0.4, 0.5) is 5.95 Å². The molecule has 1 atom stereocenters. The second-order valence-corrected chi connectivity index (χ2v) is 6.61. The molecule has 0 saturated carbocycles. The maximum Gasteiger partial charge on any atom is 0.223 e. The number of aliphatic hydroxyl groups is 1. The third kappa shape index (κ3) is 3.66. The molecule has 0 aliphatic carbocycles. The predicted molar refractivity (Wildman–Crippen MR) is 117 cm³/mol. The van der Waals surface area contributed by atoms with Gasteiger partial charge in [0.05, 0.1) is 35.4 Å². The Bertz CT molecular complexity index is 1290. The number of benzene rings is 2. The molecule has 9 heteroatoms. The fourth-order valence-corrected chi connectivity index (χ4v) is 3.32. The van der Waals surface area contributed by atoms with Gasteiger partial charge in [0.25, 0.3) is 0 Å². The summed E-state index contributed by atoms with van der Waals surface area (Å²) < 4.78 is 0. The van der Waals surface area contributed by atoms with E-state index >= 15 is 0 Å². The van der Waals surface area contributed by atoms with Crippen molar-refractivity contribution < 1.29 is 5.11 Å². The van der Waals surface area contributed by atoms with E-state index in [9.17, 15) is 5.11 Å². The van der Waals surface area contributed by atoms with Crippen LogP contribution in [0.5, 0.6) is 0 Å². The van der Waals surface area contributed by atoms with Gasteiger partial charge in [-0.1, -0.05) is 36.4 Å². The Kier molecular flexibility index (Phi) is 5.51. The van der Waals surface area contributed by atoms with E-state index < -0.39 is 0 Å². The van der Waals surface area contributed by atoms with E-state index in [2.05, 4.69) is 35.5 Å². The van der Waals surface area contributed by atoms with Crippen LogP contribution in [-0.2, 0) is 0 Å². The van der Waals surface area contributed by atoms with Gasteiger partial charge in [-0.2, -0.15) is 5.10 Å². The monoisotopic (exact) mass is 419 g/mol. The van der Waals surface area contributed by atoms with Gasteiger partial charge in [-0.05, 0) is 17.7 Å². The molecule has 0 aliphatic rings. The van der Waals surface area contributed by atoms with Gasteiger partial charge >= 0.3 is 0 Å².